The van der Waals surface area contributed by atoms with E-state index in [1.807, 2.05) is 24.8 Å². The van der Waals surface area contributed by atoms with Gasteiger partial charge in [-0.25, -0.2) is 0 Å². The van der Waals surface area contributed by atoms with E-state index in [1.54, 1.807) is 6.20 Å². The van der Waals surface area contributed by atoms with Crippen molar-refractivity contribution >= 4 is 11.6 Å². The van der Waals surface area contributed by atoms with Gasteiger partial charge in [0.25, 0.3) is 5.91 Å². The fourth-order valence-corrected chi connectivity index (χ4v) is 2.48. The summed E-state index contributed by atoms with van der Waals surface area (Å²) in [4.78, 5) is 18.9. The second kappa shape index (κ2) is 6.70. The number of hydrogen-bond acceptors (Lipinski definition) is 4. The molecule has 2 rings (SSSR count). The van der Waals surface area contributed by atoms with Crippen LogP contribution in [0.1, 0.15) is 36.3 Å². The monoisotopic (exact) mass is 277 g/mol. The maximum absolute atomic E-state index is 12.8. The number of ether oxygens (including phenoxy) is 1. The Bertz CT molecular complexity index is 476. The highest BCUT2D eigenvalue weighted by molar-refractivity contribution is 5.99. The lowest BCUT2D eigenvalue weighted by Crippen LogP contribution is -2.48. The van der Waals surface area contributed by atoms with Gasteiger partial charge in [0.05, 0.1) is 30.5 Å². The van der Waals surface area contributed by atoms with Gasteiger partial charge >= 0.3 is 0 Å². The van der Waals surface area contributed by atoms with Crippen molar-refractivity contribution in [3.8, 4) is 0 Å². The van der Waals surface area contributed by atoms with Gasteiger partial charge in [0.1, 0.15) is 0 Å². The van der Waals surface area contributed by atoms with E-state index in [4.69, 9.17) is 4.74 Å². The first-order valence-electron chi connectivity index (χ1n) is 7.26. The van der Waals surface area contributed by atoms with Crippen molar-refractivity contribution < 1.29 is 9.53 Å². The number of rotatable bonds is 4. The molecule has 1 aliphatic rings. The summed E-state index contributed by atoms with van der Waals surface area (Å²) < 4.78 is 5.46. The third kappa shape index (κ3) is 3.10. The van der Waals surface area contributed by atoms with Gasteiger partial charge in [0, 0.05) is 25.0 Å². The predicted octanol–water partition coefficient (Wildman–Crippen LogP) is 2.07. The van der Waals surface area contributed by atoms with Crippen molar-refractivity contribution in [1.29, 1.82) is 0 Å². The van der Waals surface area contributed by atoms with Crippen molar-refractivity contribution in [3.63, 3.8) is 0 Å². The molecule has 0 saturated carbocycles. The van der Waals surface area contributed by atoms with Crippen LogP contribution in [0.15, 0.2) is 12.3 Å². The van der Waals surface area contributed by atoms with Crippen LogP contribution >= 0.6 is 0 Å². The van der Waals surface area contributed by atoms with Crippen LogP contribution in [-0.4, -0.2) is 48.1 Å². The molecule has 1 atom stereocenters. The zero-order valence-electron chi connectivity index (χ0n) is 12.5. The number of aromatic nitrogens is 1. The molecule has 1 aromatic rings. The van der Waals surface area contributed by atoms with Gasteiger partial charge in [-0.1, -0.05) is 6.92 Å². The van der Waals surface area contributed by atoms with Crippen LogP contribution in [-0.2, 0) is 4.74 Å². The molecule has 20 heavy (non-hydrogen) atoms. The Morgan fingerprint density at radius 2 is 2.35 bits per heavy atom. The summed E-state index contributed by atoms with van der Waals surface area (Å²) in [6.45, 7) is 8.70. The first-order chi connectivity index (χ1) is 9.67. The van der Waals surface area contributed by atoms with E-state index in [0.29, 0.717) is 25.3 Å². The lowest BCUT2D eigenvalue weighted by atomic mass is 10.1. The standard InChI is InChI=1S/C15H23N3O2/c1-4-12-10-20-7-6-18(12)15(19)13-9-17-11(3)8-14(13)16-5-2/h8-9,12H,4-7,10H2,1-3H3,(H,16,17). The van der Waals surface area contributed by atoms with Crippen molar-refractivity contribution in [2.45, 2.75) is 33.2 Å². The van der Waals surface area contributed by atoms with Crippen molar-refractivity contribution in [1.82, 2.24) is 9.88 Å². The van der Waals surface area contributed by atoms with Crippen LogP contribution in [0.4, 0.5) is 5.69 Å². The van der Waals surface area contributed by atoms with Crippen LogP contribution in [0.2, 0.25) is 0 Å². The summed E-state index contributed by atoms with van der Waals surface area (Å²) in [5.74, 6) is 0.0450. The van der Waals surface area contributed by atoms with Crippen LogP contribution < -0.4 is 5.32 Å². The Hall–Kier alpha value is -1.62. The molecule has 0 spiro atoms. The number of carbonyl (C=O) groups is 1. The minimum atomic E-state index is 0.0450. The topological polar surface area (TPSA) is 54.5 Å². The van der Waals surface area contributed by atoms with Crippen LogP contribution in [0.3, 0.4) is 0 Å². The van der Waals surface area contributed by atoms with E-state index in [1.165, 1.54) is 0 Å². The Balaban J connectivity index is 2.27. The van der Waals surface area contributed by atoms with E-state index in [0.717, 1.165) is 24.3 Å². The number of nitrogens with one attached hydrogen (secondary N) is 1. The molecule has 0 radical (unpaired) electrons. The molecule has 1 fully saturated rings. The number of morpholine rings is 1. The summed E-state index contributed by atoms with van der Waals surface area (Å²) >= 11 is 0. The molecule has 0 aromatic carbocycles. The molecule has 0 bridgehead atoms. The smallest absolute Gasteiger partial charge is 0.257 e. The summed E-state index contributed by atoms with van der Waals surface area (Å²) in [6, 6.07) is 2.09. The zero-order chi connectivity index (χ0) is 14.5. The molecule has 2 heterocycles. The average Bonchev–Trinajstić information content (AvgIpc) is 2.47. The molecule has 1 unspecified atom stereocenters. The van der Waals surface area contributed by atoms with E-state index in [9.17, 15) is 4.79 Å². The van der Waals surface area contributed by atoms with Crippen LogP contribution in [0.25, 0.3) is 0 Å². The fourth-order valence-electron chi connectivity index (χ4n) is 2.48. The van der Waals surface area contributed by atoms with Crippen LogP contribution in [0.5, 0.6) is 0 Å². The van der Waals surface area contributed by atoms with Gasteiger partial charge in [-0.2, -0.15) is 0 Å². The maximum atomic E-state index is 12.8. The average molecular weight is 277 g/mol. The second-order valence-corrected chi connectivity index (χ2v) is 5.04. The first kappa shape index (κ1) is 14.8. The summed E-state index contributed by atoms with van der Waals surface area (Å²) in [6.07, 6.45) is 2.58. The molecule has 1 aliphatic heterocycles. The van der Waals surface area contributed by atoms with E-state index < -0.39 is 0 Å². The first-order valence-corrected chi connectivity index (χ1v) is 7.26. The highest BCUT2D eigenvalue weighted by atomic mass is 16.5. The maximum Gasteiger partial charge on any atom is 0.257 e. The Kier molecular flexibility index (Phi) is 4.95. The van der Waals surface area contributed by atoms with Gasteiger partial charge in [-0.3, -0.25) is 9.78 Å². The molecule has 1 N–H and O–H groups in total. The lowest BCUT2D eigenvalue weighted by Gasteiger charge is -2.35. The van der Waals surface area contributed by atoms with Crippen LogP contribution in [0, 0.1) is 6.92 Å². The zero-order valence-corrected chi connectivity index (χ0v) is 12.5. The lowest BCUT2D eigenvalue weighted by molar-refractivity contribution is -0.00276. The van der Waals surface area contributed by atoms with E-state index in [2.05, 4.69) is 17.2 Å². The Morgan fingerprint density at radius 3 is 3.05 bits per heavy atom. The molecule has 1 saturated heterocycles. The second-order valence-electron chi connectivity index (χ2n) is 5.04. The number of nitrogens with zero attached hydrogens (tertiary/aromatic N) is 2. The molecule has 5 heteroatoms. The number of hydrogen-bond donors (Lipinski definition) is 1. The van der Waals surface area contributed by atoms with Crippen molar-refractivity contribution in [2.24, 2.45) is 0 Å². The molecule has 110 valence electrons. The molecular weight excluding hydrogens is 254 g/mol. The van der Waals surface area contributed by atoms with Crippen molar-refractivity contribution in [2.75, 3.05) is 31.6 Å². The predicted molar refractivity (Wildman–Crippen MR) is 79.1 cm³/mol. The number of carbonyl (C=O) groups excluding carboxylic acids is 1. The van der Waals surface area contributed by atoms with Crippen molar-refractivity contribution in [3.05, 3.63) is 23.5 Å². The largest absolute Gasteiger partial charge is 0.385 e. The number of amides is 1. The summed E-state index contributed by atoms with van der Waals surface area (Å²) in [5.41, 5.74) is 2.43. The van der Waals surface area contributed by atoms with Gasteiger partial charge in [-0.05, 0) is 26.3 Å². The van der Waals surface area contributed by atoms with Gasteiger partial charge in [0.15, 0.2) is 0 Å². The van der Waals surface area contributed by atoms with Gasteiger partial charge in [0.2, 0.25) is 0 Å². The molecule has 1 aromatic heterocycles. The molecule has 0 aliphatic carbocycles. The molecule has 5 nitrogen and oxygen atoms in total. The van der Waals surface area contributed by atoms with Gasteiger partial charge in [-0.15, -0.1) is 0 Å². The Labute approximate surface area is 120 Å². The Morgan fingerprint density at radius 1 is 1.55 bits per heavy atom. The SMILES string of the molecule is CCNc1cc(C)ncc1C(=O)N1CCOCC1CC. The van der Waals surface area contributed by atoms with E-state index >= 15 is 0 Å². The highest BCUT2D eigenvalue weighted by Gasteiger charge is 2.28. The number of pyridine rings is 1. The highest BCUT2D eigenvalue weighted by Crippen LogP contribution is 2.21. The molecule has 1 amide bonds. The minimum absolute atomic E-state index is 0.0450. The third-order valence-corrected chi connectivity index (χ3v) is 3.60. The fraction of sp³-hybridized carbons (Fsp3) is 0.600. The quantitative estimate of drug-likeness (QED) is 0.915. The normalized spacial score (nSPS) is 18.9. The summed E-state index contributed by atoms with van der Waals surface area (Å²) in [5, 5.41) is 3.25. The molecular formula is C15H23N3O2. The van der Waals surface area contributed by atoms with Gasteiger partial charge < -0.3 is 15.0 Å². The number of aryl methyl sites for hydroxylation is 1. The minimum Gasteiger partial charge on any atom is -0.385 e. The van der Waals surface area contributed by atoms with E-state index in [-0.39, 0.29) is 11.9 Å². The number of anilines is 1. The summed E-state index contributed by atoms with van der Waals surface area (Å²) in [7, 11) is 0. The third-order valence-electron chi connectivity index (χ3n) is 3.60.